The number of aromatic nitrogens is 1. The van der Waals surface area contributed by atoms with E-state index in [-0.39, 0.29) is 30.0 Å². The van der Waals surface area contributed by atoms with E-state index in [0.29, 0.717) is 40.2 Å². The Morgan fingerprint density at radius 2 is 2.09 bits per heavy atom. The molecule has 3 heterocycles. The molecule has 0 radical (unpaired) electrons. The lowest BCUT2D eigenvalue weighted by molar-refractivity contribution is -0.140. The Morgan fingerprint density at radius 1 is 1.26 bits per heavy atom. The smallest absolute Gasteiger partial charge is 0.335 e. The van der Waals surface area contributed by atoms with E-state index in [9.17, 15) is 14.7 Å². The number of pyridine rings is 1. The highest BCUT2D eigenvalue weighted by Gasteiger charge is 2.41. The van der Waals surface area contributed by atoms with Gasteiger partial charge in [-0.15, -0.1) is 0 Å². The van der Waals surface area contributed by atoms with Crippen LogP contribution in [0.3, 0.4) is 0 Å². The third-order valence-corrected chi connectivity index (χ3v) is 6.28. The molecular weight excluding hydrogens is 478 g/mol. The highest BCUT2D eigenvalue weighted by Crippen LogP contribution is 2.41. The second-order valence-corrected chi connectivity index (χ2v) is 8.50. The summed E-state index contributed by atoms with van der Waals surface area (Å²) in [6.45, 7) is 0.500. The summed E-state index contributed by atoms with van der Waals surface area (Å²) < 4.78 is 11.0. The first-order valence-electron chi connectivity index (χ1n) is 10.6. The molecule has 0 aliphatic carbocycles. The van der Waals surface area contributed by atoms with Crippen LogP contribution < -0.4 is 5.32 Å². The van der Waals surface area contributed by atoms with Crippen LogP contribution >= 0.6 is 23.8 Å². The molecular formula is C24H22ClN3O5S. The summed E-state index contributed by atoms with van der Waals surface area (Å²) in [5.41, 5.74) is 1.37. The first kappa shape index (κ1) is 23.7. The van der Waals surface area contributed by atoms with Gasteiger partial charge in [-0.25, -0.2) is 4.79 Å². The average Bonchev–Trinajstić information content (AvgIpc) is 3.44. The highest BCUT2D eigenvalue weighted by atomic mass is 35.5. The highest BCUT2D eigenvalue weighted by molar-refractivity contribution is 7.80. The predicted molar refractivity (Wildman–Crippen MR) is 130 cm³/mol. The van der Waals surface area contributed by atoms with Crippen LogP contribution in [0.5, 0.6) is 0 Å². The molecule has 0 unspecified atom stereocenters. The minimum Gasteiger partial charge on any atom is -0.478 e. The number of rotatable bonds is 8. The van der Waals surface area contributed by atoms with Gasteiger partial charge in [-0.3, -0.25) is 9.78 Å². The van der Waals surface area contributed by atoms with Crippen LogP contribution in [0.1, 0.15) is 46.7 Å². The van der Waals surface area contributed by atoms with Gasteiger partial charge in [0.15, 0.2) is 5.11 Å². The number of carboxylic acids is 1. The molecule has 0 amide bonds. The molecule has 0 spiro atoms. The molecule has 4 rings (SSSR count). The van der Waals surface area contributed by atoms with Crippen LogP contribution in [-0.4, -0.2) is 45.7 Å². The number of benzene rings is 1. The summed E-state index contributed by atoms with van der Waals surface area (Å²) in [7, 11) is 1.36. The number of hydrogen-bond donors (Lipinski definition) is 2. The van der Waals surface area contributed by atoms with Crippen molar-refractivity contribution in [1.29, 1.82) is 0 Å². The van der Waals surface area contributed by atoms with Crippen molar-refractivity contribution >= 4 is 40.9 Å². The Morgan fingerprint density at radius 3 is 2.79 bits per heavy atom. The van der Waals surface area contributed by atoms with Gasteiger partial charge in [-0.2, -0.15) is 0 Å². The summed E-state index contributed by atoms with van der Waals surface area (Å²) in [4.78, 5) is 29.5. The quantitative estimate of drug-likeness (QED) is 0.339. The topological polar surface area (TPSA) is 105 Å². The van der Waals surface area contributed by atoms with Gasteiger partial charge in [0.25, 0.3) is 0 Å². The number of furan rings is 1. The van der Waals surface area contributed by atoms with Crippen LogP contribution in [-0.2, 0) is 9.53 Å². The van der Waals surface area contributed by atoms with Gasteiger partial charge in [0.2, 0.25) is 0 Å². The molecule has 0 bridgehead atoms. The number of carbonyl (C=O) groups is 2. The van der Waals surface area contributed by atoms with Crippen molar-refractivity contribution in [3.63, 3.8) is 0 Å². The third kappa shape index (κ3) is 4.90. The van der Waals surface area contributed by atoms with Gasteiger partial charge in [0, 0.05) is 24.7 Å². The Labute approximate surface area is 206 Å². The maximum Gasteiger partial charge on any atom is 0.335 e. The summed E-state index contributed by atoms with van der Waals surface area (Å²) in [6, 6.07) is 13.0. The number of carboxylic acid groups (broad SMARTS) is 1. The van der Waals surface area contributed by atoms with Crippen molar-refractivity contribution in [2.75, 3.05) is 13.7 Å². The number of esters is 1. The molecule has 34 heavy (non-hydrogen) atoms. The van der Waals surface area contributed by atoms with E-state index in [0.717, 1.165) is 5.69 Å². The third-order valence-electron chi connectivity index (χ3n) is 5.60. The van der Waals surface area contributed by atoms with Crippen LogP contribution in [0.25, 0.3) is 11.3 Å². The normalized spacial score (nSPS) is 17.5. The van der Waals surface area contributed by atoms with E-state index >= 15 is 0 Å². The Hall–Kier alpha value is -3.43. The van der Waals surface area contributed by atoms with Crippen molar-refractivity contribution < 1.29 is 23.8 Å². The molecule has 2 N–H and O–H groups in total. The number of halogens is 1. The van der Waals surface area contributed by atoms with Crippen molar-refractivity contribution in [3.05, 3.63) is 76.8 Å². The molecule has 176 valence electrons. The fraction of sp³-hybridized carbons (Fsp3) is 0.250. The number of nitrogens with zero attached hydrogens (tertiary/aromatic N) is 2. The van der Waals surface area contributed by atoms with E-state index in [1.54, 1.807) is 12.3 Å². The largest absolute Gasteiger partial charge is 0.478 e. The number of hydrogen-bond acceptors (Lipinski definition) is 6. The standard InChI is InChI=1S/C24H22ClN3O5S/c1-32-20(29)6-4-12-28-22(21(27-24(28)34)17-5-2-3-11-26-17)19-10-9-18(33-19)15-13-14(23(30)31)7-8-16(15)25/h2-3,5,7-11,13,21-22H,4,6,12H2,1H3,(H,27,34)(H,30,31)/t21-,22-/m0/s1. The monoisotopic (exact) mass is 499 g/mol. The second kappa shape index (κ2) is 10.2. The molecule has 1 aliphatic rings. The number of ether oxygens (including phenoxy) is 1. The van der Waals surface area contributed by atoms with Gasteiger partial charge in [0.1, 0.15) is 17.6 Å². The fourth-order valence-corrected chi connectivity index (χ4v) is 4.50. The van der Waals surface area contributed by atoms with Crippen molar-refractivity contribution in [2.24, 2.45) is 0 Å². The van der Waals surface area contributed by atoms with Gasteiger partial charge in [-0.1, -0.05) is 17.7 Å². The maximum atomic E-state index is 11.6. The van der Waals surface area contributed by atoms with Gasteiger partial charge in [0.05, 0.1) is 29.4 Å². The minimum atomic E-state index is -1.05. The number of nitrogens with one attached hydrogen (secondary N) is 1. The molecule has 8 nitrogen and oxygen atoms in total. The number of carbonyl (C=O) groups excluding carboxylic acids is 1. The lowest BCUT2D eigenvalue weighted by atomic mass is 10.0. The number of aromatic carboxylic acids is 1. The van der Waals surface area contributed by atoms with Crippen LogP contribution in [0.15, 0.2) is 59.1 Å². The average molecular weight is 500 g/mol. The minimum absolute atomic E-state index is 0.108. The van der Waals surface area contributed by atoms with Crippen LogP contribution in [0, 0.1) is 0 Å². The van der Waals surface area contributed by atoms with Crippen LogP contribution in [0.2, 0.25) is 5.02 Å². The molecule has 3 aromatic rings. The Kier molecular flexibility index (Phi) is 7.14. The number of thiocarbonyl (C=S) groups is 1. The van der Waals surface area contributed by atoms with E-state index < -0.39 is 5.97 Å². The molecule has 1 aromatic carbocycles. The van der Waals surface area contributed by atoms with Crippen LogP contribution in [0.4, 0.5) is 0 Å². The van der Waals surface area contributed by atoms with Gasteiger partial charge >= 0.3 is 11.9 Å². The molecule has 0 saturated carbocycles. The van der Waals surface area contributed by atoms with Gasteiger partial charge < -0.3 is 24.5 Å². The van der Waals surface area contributed by atoms with E-state index in [4.69, 9.17) is 33.0 Å². The van der Waals surface area contributed by atoms with E-state index in [1.165, 1.54) is 25.3 Å². The van der Waals surface area contributed by atoms with E-state index in [1.807, 2.05) is 29.2 Å². The molecule has 1 aliphatic heterocycles. The van der Waals surface area contributed by atoms with E-state index in [2.05, 4.69) is 10.3 Å². The fourth-order valence-electron chi connectivity index (χ4n) is 3.95. The summed E-state index contributed by atoms with van der Waals surface area (Å²) >= 11 is 12.0. The Balaban J connectivity index is 1.69. The summed E-state index contributed by atoms with van der Waals surface area (Å²) in [5.74, 6) is -0.297. The molecule has 1 saturated heterocycles. The summed E-state index contributed by atoms with van der Waals surface area (Å²) in [6.07, 6.45) is 2.51. The van der Waals surface area contributed by atoms with Crippen molar-refractivity contribution in [1.82, 2.24) is 15.2 Å². The van der Waals surface area contributed by atoms with Crippen molar-refractivity contribution in [3.8, 4) is 11.3 Å². The predicted octanol–water partition coefficient (Wildman–Crippen LogP) is 4.62. The van der Waals surface area contributed by atoms with Gasteiger partial charge in [-0.05, 0) is 61.1 Å². The molecule has 1 fully saturated rings. The number of methoxy groups -OCH3 is 1. The SMILES string of the molecule is COC(=O)CCCN1C(=S)N[C@@H](c2ccccn2)[C@@H]1c1ccc(-c2cc(C(=O)O)ccc2Cl)o1. The lowest BCUT2D eigenvalue weighted by Gasteiger charge is -2.25. The van der Waals surface area contributed by atoms with Crippen molar-refractivity contribution in [2.45, 2.75) is 24.9 Å². The molecule has 10 heteroatoms. The molecule has 2 atom stereocenters. The first-order valence-corrected chi connectivity index (χ1v) is 11.4. The zero-order chi connectivity index (χ0) is 24.2. The zero-order valence-electron chi connectivity index (χ0n) is 18.2. The second-order valence-electron chi connectivity index (χ2n) is 7.70. The first-order chi connectivity index (χ1) is 16.4. The lowest BCUT2D eigenvalue weighted by Crippen LogP contribution is -2.30. The Bertz CT molecular complexity index is 1220. The zero-order valence-corrected chi connectivity index (χ0v) is 19.8. The maximum absolute atomic E-state index is 11.6. The summed E-state index contributed by atoms with van der Waals surface area (Å²) in [5, 5.41) is 13.6. The molecule has 2 aromatic heterocycles.